The number of para-hydroxylation sites is 1. The lowest BCUT2D eigenvalue weighted by molar-refractivity contribution is -0.134. The fourth-order valence-electron chi connectivity index (χ4n) is 3.67. The minimum Gasteiger partial charge on any atom is -0.459 e. The predicted molar refractivity (Wildman–Crippen MR) is 109 cm³/mol. The normalized spacial score (nSPS) is 16.0. The van der Waals surface area contributed by atoms with Crippen LogP contribution in [0.1, 0.15) is 23.0 Å². The summed E-state index contributed by atoms with van der Waals surface area (Å²) in [5.74, 6) is -0.243. The molecule has 1 unspecified atom stereocenters. The van der Waals surface area contributed by atoms with E-state index in [0.29, 0.717) is 13.1 Å². The molecule has 0 spiro atoms. The molecule has 0 aliphatic carbocycles. The van der Waals surface area contributed by atoms with Gasteiger partial charge in [-0.25, -0.2) is 0 Å². The largest absolute Gasteiger partial charge is 0.459 e. The van der Waals surface area contributed by atoms with Gasteiger partial charge in [-0.2, -0.15) is 0 Å². The first-order valence-electron chi connectivity index (χ1n) is 9.80. The van der Waals surface area contributed by atoms with Crippen LogP contribution in [0.5, 0.6) is 0 Å². The molecule has 7 nitrogen and oxygen atoms in total. The maximum atomic E-state index is 12.7. The number of benzene rings is 1. The molecular formula is C22H24N4O3. The molecule has 3 heterocycles. The lowest BCUT2D eigenvalue weighted by Crippen LogP contribution is -2.53. The minimum absolute atomic E-state index is 0.0728. The van der Waals surface area contributed by atoms with Crippen molar-refractivity contribution >= 4 is 22.7 Å². The highest BCUT2D eigenvalue weighted by molar-refractivity contribution is 5.95. The average molecular weight is 392 g/mol. The van der Waals surface area contributed by atoms with Crippen molar-refractivity contribution in [2.75, 3.05) is 26.2 Å². The monoisotopic (exact) mass is 392 g/mol. The molecule has 2 aromatic heterocycles. The molecular weight excluding hydrogens is 368 g/mol. The maximum Gasteiger partial charge on any atom is 0.287 e. The molecule has 2 amide bonds. The highest BCUT2D eigenvalue weighted by atomic mass is 16.3. The first kappa shape index (κ1) is 19.1. The van der Waals surface area contributed by atoms with Gasteiger partial charge in [0, 0.05) is 44.3 Å². The van der Waals surface area contributed by atoms with E-state index in [9.17, 15) is 9.59 Å². The number of nitrogens with one attached hydrogen (secondary N) is 1. The van der Waals surface area contributed by atoms with E-state index in [1.54, 1.807) is 19.1 Å². The fraction of sp³-hybridized carbons (Fsp3) is 0.318. The summed E-state index contributed by atoms with van der Waals surface area (Å²) < 4.78 is 5.07. The van der Waals surface area contributed by atoms with E-state index in [-0.39, 0.29) is 17.6 Å². The third-order valence-electron chi connectivity index (χ3n) is 5.26. The number of carbonyl (C=O) groups is 2. The van der Waals surface area contributed by atoms with Crippen LogP contribution in [-0.4, -0.2) is 58.8 Å². The summed E-state index contributed by atoms with van der Waals surface area (Å²) >= 11 is 0. The van der Waals surface area contributed by atoms with Gasteiger partial charge in [0.25, 0.3) is 5.91 Å². The number of fused-ring (bicyclic) bond motifs is 1. The lowest BCUT2D eigenvalue weighted by atomic mass is 10.1. The number of piperazine rings is 1. The minimum atomic E-state index is -0.596. The van der Waals surface area contributed by atoms with E-state index in [2.05, 4.69) is 39.5 Å². The van der Waals surface area contributed by atoms with Crippen LogP contribution in [0.4, 0.5) is 0 Å². The third-order valence-corrected chi connectivity index (χ3v) is 5.26. The van der Waals surface area contributed by atoms with Gasteiger partial charge >= 0.3 is 0 Å². The van der Waals surface area contributed by atoms with Crippen LogP contribution >= 0.6 is 0 Å². The van der Waals surface area contributed by atoms with E-state index in [1.165, 1.54) is 11.8 Å². The molecule has 1 aliphatic heterocycles. The van der Waals surface area contributed by atoms with Gasteiger partial charge in [0.1, 0.15) is 6.04 Å². The zero-order valence-electron chi connectivity index (χ0n) is 16.4. The summed E-state index contributed by atoms with van der Waals surface area (Å²) in [5.41, 5.74) is 2.23. The van der Waals surface area contributed by atoms with Crippen LogP contribution in [0.3, 0.4) is 0 Å². The van der Waals surface area contributed by atoms with E-state index < -0.39 is 6.04 Å². The summed E-state index contributed by atoms with van der Waals surface area (Å²) in [7, 11) is 0. The summed E-state index contributed by atoms with van der Waals surface area (Å²) in [6, 6.07) is 12.9. The molecule has 1 aromatic carbocycles. The van der Waals surface area contributed by atoms with Crippen LogP contribution in [0.25, 0.3) is 10.9 Å². The maximum absolute atomic E-state index is 12.7. The highest BCUT2D eigenvalue weighted by Crippen LogP contribution is 2.18. The lowest BCUT2D eigenvalue weighted by Gasteiger charge is -2.36. The van der Waals surface area contributed by atoms with Crippen LogP contribution in [0.15, 0.2) is 59.3 Å². The number of hydrogen-bond acceptors (Lipinski definition) is 5. The molecule has 7 heteroatoms. The van der Waals surface area contributed by atoms with Gasteiger partial charge in [0.05, 0.1) is 11.8 Å². The molecule has 0 saturated carbocycles. The van der Waals surface area contributed by atoms with Crippen molar-refractivity contribution in [3.05, 3.63) is 66.2 Å². The molecule has 4 rings (SSSR count). The average Bonchev–Trinajstić information content (AvgIpc) is 3.29. The topological polar surface area (TPSA) is 78.7 Å². The Morgan fingerprint density at radius 3 is 2.66 bits per heavy atom. The van der Waals surface area contributed by atoms with Gasteiger partial charge < -0.3 is 14.6 Å². The van der Waals surface area contributed by atoms with Crippen molar-refractivity contribution in [1.29, 1.82) is 0 Å². The van der Waals surface area contributed by atoms with Crippen molar-refractivity contribution in [2.24, 2.45) is 0 Å². The van der Waals surface area contributed by atoms with E-state index in [0.717, 1.165) is 30.5 Å². The number of carbonyl (C=O) groups excluding carboxylic acids is 2. The molecule has 0 radical (unpaired) electrons. The molecule has 1 saturated heterocycles. The standard InChI is InChI=1S/C22H24N4O3/c1-16(24-21(27)19-8-4-14-29-19)22(28)26-12-10-25(11-13-26)15-18-6-2-5-17-7-3-9-23-20(17)18/h2-9,14,16H,10-13,15H2,1H3,(H,24,27). The first-order chi connectivity index (χ1) is 14.1. The van der Waals surface area contributed by atoms with Gasteiger partial charge in [0.15, 0.2) is 5.76 Å². The summed E-state index contributed by atoms with van der Waals surface area (Å²) in [6.07, 6.45) is 3.26. The third kappa shape index (κ3) is 4.30. The van der Waals surface area contributed by atoms with Crippen molar-refractivity contribution in [2.45, 2.75) is 19.5 Å². The molecule has 1 fully saturated rings. The smallest absolute Gasteiger partial charge is 0.287 e. The Morgan fingerprint density at radius 1 is 1.10 bits per heavy atom. The van der Waals surface area contributed by atoms with Gasteiger partial charge in [0.2, 0.25) is 5.91 Å². The molecule has 3 aromatic rings. The van der Waals surface area contributed by atoms with Gasteiger partial charge in [-0.05, 0) is 30.7 Å². The molecule has 150 valence electrons. The van der Waals surface area contributed by atoms with Crippen LogP contribution in [-0.2, 0) is 11.3 Å². The van der Waals surface area contributed by atoms with E-state index >= 15 is 0 Å². The number of pyridine rings is 1. The van der Waals surface area contributed by atoms with Crippen LogP contribution < -0.4 is 5.32 Å². The number of nitrogens with zero attached hydrogens (tertiary/aromatic N) is 3. The van der Waals surface area contributed by atoms with Crippen molar-refractivity contribution in [3.63, 3.8) is 0 Å². The Hall–Kier alpha value is -3.19. The second-order valence-electron chi connectivity index (χ2n) is 7.27. The molecule has 1 atom stereocenters. The Balaban J connectivity index is 1.32. The van der Waals surface area contributed by atoms with Crippen molar-refractivity contribution in [1.82, 2.24) is 20.1 Å². The summed E-state index contributed by atoms with van der Waals surface area (Å²) in [6.45, 7) is 5.36. The van der Waals surface area contributed by atoms with Crippen LogP contribution in [0, 0.1) is 0 Å². The van der Waals surface area contributed by atoms with Gasteiger partial charge in [-0.3, -0.25) is 19.5 Å². The summed E-state index contributed by atoms with van der Waals surface area (Å²) in [4.78, 5) is 33.4. The molecule has 0 bridgehead atoms. The van der Waals surface area contributed by atoms with Crippen molar-refractivity contribution < 1.29 is 14.0 Å². The molecule has 1 aliphatic rings. The summed E-state index contributed by atoms with van der Waals surface area (Å²) in [5, 5.41) is 3.84. The SMILES string of the molecule is CC(NC(=O)c1ccco1)C(=O)N1CCN(Cc2cccc3cccnc23)CC1. The first-order valence-corrected chi connectivity index (χ1v) is 9.80. The Labute approximate surface area is 169 Å². The van der Waals surface area contributed by atoms with Gasteiger partial charge in [-0.15, -0.1) is 0 Å². The Morgan fingerprint density at radius 2 is 1.90 bits per heavy atom. The zero-order valence-corrected chi connectivity index (χ0v) is 16.4. The Bertz CT molecular complexity index is 989. The molecule has 29 heavy (non-hydrogen) atoms. The predicted octanol–water partition coefficient (Wildman–Crippen LogP) is 2.29. The van der Waals surface area contributed by atoms with Gasteiger partial charge in [-0.1, -0.05) is 24.3 Å². The van der Waals surface area contributed by atoms with E-state index in [4.69, 9.17) is 4.42 Å². The van der Waals surface area contributed by atoms with E-state index in [1.807, 2.05) is 17.2 Å². The molecule has 1 N–H and O–H groups in total. The number of amides is 2. The fourth-order valence-corrected chi connectivity index (χ4v) is 3.67. The zero-order chi connectivity index (χ0) is 20.2. The quantitative estimate of drug-likeness (QED) is 0.721. The second-order valence-corrected chi connectivity index (χ2v) is 7.27. The number of rotatable bonds is 5. The van der Waals surface area contributed by atoms with Crippen molar-refractivity contribution in [3.8, 4) is 0 Å². The number of furan rings is 1. The number of hydrogen-bond donors (Lipinski definition) is 1. The second kappa shape index (κ2) is 8.45. The van der Waals surface area contributed by atoms with Crippen LogP contribution in [0.2, 0.25) is 0 Å². The number of aromatic nitrogens is 1. The highest BCUT2D eigenvalue weighted by Gasteiger charge is 2.26. The Kier molecular flexibility index (Phi) is 5.57.